The highest BCUT2D eigenvalue weighted by molar-refractivity contribution is 5.89. The highest BCUT2D eigenvalue weighted by Crippen LogP contribution is 2.68. The van der Waals surface area contributed by atoms with Crippen molar-refractivity contribution in [2.75, 3.05) is 0 Å². The molecule has 6 heteroatoms. The van der Waals surface area contributed by atoms with Crippen molar-refractivity contribution in [3.8, 4) is 0 Å². The third-order valence-corrected chi connectivity index (χ3v) is 16.7. The van der Waals surface area contributed by atoms with Crippen LogP contribution in [0.1, 0.15) is 140 Å². The minimum absolute atomic E-state index is 0.0641. The first kappa shape index (κ1) is 43.6. The maximum Gasteiger partial charge on any atom is 0.338 e. The lowest BCUT2D eigenvalue weighted by atomic mass is 9.44. The molecule has 0 spiro atoms. The number of rotatable bonds is 15. The van der Waals surface area contributed by atoms with Gasteiger partial charge in [0.1, 0.15) is 12.2 Å². The van der Waals surface area contributed by atoms with Crippen LogP contribution in [-0.2, 0) is 36.9 Å². The summed E-state index contributed by atoms with van der Waals surface area (Å²) in [7, 11) is 0. The first-order valence-electron chi connectivity index (χ1n) is 23.9. The Balaban J connectivity index is 0.980. The summed E-state index contributed by atoms with van der Waals surface area (Å²) in [5.41, 5.74) is 3.45. The number of hydrogen-bond acceptors (Lipinski definition) is 6. The van der Waals surface area contributed by atoms with Gasteiger partial charge >= 0.3 is 5.97 Å². The number of ether oxygens (including phenoxy) is 5. The molecule has 4 saturated carbocycles. The Morgan fingerprint density at radius 1 is 0.700 bits per heavy atom. The molecule has 0 aromatic heterocycles. The molecule has 3 aromatic rings. The van der Waals surface area contributed by atoms with Gasteiger partial charge in [-0.25, -0.2) is 4.79 Å². The predicted molar refractivity (Wildman–Crippen MR) is 238 cm³/mol. The molecule has 5 fully saturated rings. The van der Waals surface area contributed by atoms with Crippen molar-refractivity contribution < 1.29 is 28.5 Å². The van der Waals surface area contributed by atoms with Crippen LogP contribution < -0.4 is 0 Å². The van der Waals surface area contributed by atoms with Crippen LogP contribution in [-0.4, -0.2) is 42.8 Å². The molecule has 6 nitrogen and oxygen atoms in total. The minimum Gasteiger partial charge on any atom is -0.453 e. The summed E-state index contributed by atoms with van der Waals surface area (Å²) in [6.45, 7) is 15.4. The molecule has 0 amide bonds. The summed E-state index contributed by atoms with van der Waals surface area (Å²) >= 11 is 0. The molecule has 8 rings (SSSR count). The van der Waals surface area contributed by atoms with E-state index in [0.29, 0.717) is 35.5 Å². The van der Waals surface area contributed by atoms with Crippen molar-refractivity contribution in [3.05, 3.63) is 108 Å². The van der Waals surface area contributed by atoms with Gasteiger partial charge in [0, 0.05) is 0 Å². The van der Waals surface area contributed by atoms with Crippen LogP contribution in [0.4, 0.5) is 0 Å². The Bertz CT molecular complexity index is 1800. The lowest BCUT2D eigenvalue weighted by molar-refractivity contribution is -0.325. The third kappa shape index (κ3) is 9.33. The minimum atomic E-state index is -0.706. The fraction of sp³-hybridized carbons (Fsp3) is 0.648. The van der Waals surface area contributed by atoms with Crippen LogP contribution in [0.15, 0.2) is 91.0 Å². The zero-order chi connectivity index (χ0) is 41.9. The van der Waals surface area contributed by atoms with Crippen LogP contribution in [0.2, 0.25) is 0 Å². The van der Waals surface area contributed by atoms with Crippen LogP contribution in [0.25, 0.3) is 0 Å². The number of esters is 1. The standard InChI is InChI=1S/C54H74O6/c1-36(2)17-16-18-37(3)45-27-28-46-44-26-25-42-33-43(29-31-53(42,5)47(44)30-32-54(45,46)6)59-52-50(57-35-40-21-12-8-13-22-40)49(56-34-39-19-10-7-11-20-39)48(38(4)58-52)60-51(55)41-23-14-9-15-24-41/h7-15,19-24,36-38,42-50,52H,16-18,25-35H2,1-6H3/t37-,38+,42?,43+,44+,45-,46+,47+,48+,49-,50-,52-,53+,54-/m1/s1. The van der Waals surface area contributed by atoms with Crippen molar-refractivity contribution in [2.45, 2.75) is 169 Å². The van der Waals surface area contributed by atoms with E-state index in [-0.39, 0.29) is 6.10 Å². The average Bonchev–Trinajstić information content (AvgIpc) is 3.62. The van der Waals surface area contributed by atoms with Gasteiger partial charge in [-0.15, -0.1) is 0 Å². The number of carbonyl (C=O) groups is 1. The zero-order valence-corrected chi connectivity index (χ0v) is 37.5. The first-order chi connectivity index (χ1) is 29.0. The summed E-state index contributed by atoms with van der Waals surface area (Å²) < 4.78 is 33.9. The largest absolute Gasteiger partial charge is 0.453 e. The van der Waals surface area contributed by atoms with Crippen molar-refractivity contribution in [1.82, 2.24) is 0 Å². The normalized spacial score (nSPS) is 36.8. The second-order valence-corrected chi connectivity index (χ2v) is 20.7. The lowest BCUT2D eigenvalue weighted by Gasteiger charge is -2.61. The molecular weight excluding hydrogens is 745 g/mol. The Morgan fingerprint density at radius 2 is 1.32 bits per heavy atom. The predicted octanol–water partition coefficient (Wildman–Crippen LogP) is 12.6. The smallest absolute Gasteiger partial charge is 0.338 e. The molecule has 0 radical (unpaired) electrons. The molecule has 3 aromatic carbocycles. The van der Waals surface area contributed by atoms with Gasteiger partial charge < -0.3 is 23.7 Å². The molecule has 1 unspecified atom stereocenters. The van der Waals surface area contributed by atoms with E-state index in [9.17, 15) is 4.79 Å². The highest BCUT2D eigenvalue weighted by atomic mass is 16.7. The lowest BCUT2D eigenvalue weighted by Crippen LogP contribution is -2.61. The van der Waals surface area contributed by atoms with Crippen LogP contribution >= 0.6 is 0 Å². The first-order valence-corrected chi connectivity index (χ1v) is 23.9. The molecule has 326 valence electrons. The highest BCUT2D eigenvalue weighted by Gasteiger charge is 2.61. The molecule has 1 saturated heterocycles. The fourth-order valence-electron chi connectivity index (χ4n) is 13.5. The van der Waals surface area contributed by atoms with Gasteiger partial charge in [-0.1, -0.05) is 133 Å². The summed E-state index contributed by atoms with van der Waals surface area (Å²) in [4.78, 5) is 13.6. The average molecular weight is 819 g/mol. The van der Waals surface area contributed by atoms with E-state index >= 15 is 0 Å². The maximum atomic E-state index is 13.6. The van der Waals surface area contributed by atoms with E-state index in [1.54, 1.807) is 12.1 Å². The molecule has 0 bridgehead atoms. The Hall–Kier alpha value is -3.03. The van der Waals surface area contributed by atoms with Crippen molar-refractivity contribution >= 4 is 5.97 Å². The van der Waals surface area contributed by atoms with Gasteiger partial charge in [-0.2, -0.15) is 0 Å². The molecule has 0 N–H and O–H groups in total. The Labute approximate surface area is 361 Å². The fourth-order valence-corrected chi connectivity index (χ4v) is 13.5. The number of carbonyl (C=O) groups excluding carboxylic acids is 1. The van der Waals surface area contributed by atoms with E-state index < -0.39 is 36.7 Å². The van der Waals surface area contributed by atoms with Crippen molar-refractivity contribution in [1.29, 1.82) is 0 Å². The second-order valence-electron chi connectivity index (χ2n) is 20.7. The van der Waals surface area contributed by atoms with Gasteiger partial charge in [0.2, 0.25) is 0 Å². The quantitative estimate of drug-likeness (QED) is 0.112. The van der Waals surface area contributed by atoms with Crippen LogP contribution in [0.3, 0.4) is 0 Å². The van der Waals surface area contributed by atoms with Gasteiger partial charge in [0.25, 0.3) is 0 Å². The SMILES string of the molecule is CC(C)CCC[C@@H](C)[C@H]1CC[C@H]2[C@@H]3CCC4C[C@@H](O[C@H]5O[C@@H](C)[C@H](OC(=O)c6ccccc6)[C@@H](OCc6ccccc6)[C@H]5OCc5ccccc5)CC[C@]4(C)[C@H]3CC[C@]12C. The summed E-state index contributed by atoms with van der Waals surface area (Å²) in [5.74, 6) is 5.35. The number of hydrogen-bond donors (Lipinski definition) is 0. The summed E-state index contributed by atoms with van der Waals surface area (Å²) in [6.07, 6.45) is 12.8. The molecule has 1 aliphatic heterocycles. The van der Waals surface area contributed by atoms with E-state index in [1.165, 1.54) is 64.2 Å². The van der Waals surface area contributed by atoms with Crippen LogP contribution in [0.5, 0.6) is 0 Å². The molecule has 1 heterocycles. The molecule has 4 aliphatic carbocycles. The van der Waals surface area contributed by atoms with Gasteiger partial charge in [-0.05, 0) is 140 Å². The Kier molecular flexibility index (Phi) is 13.9. The molecular formula is C54H74O6. The summed E-state index contributed by atoms with van der Waals surface area (Å²) in [5, 5.41) is 0. The van der Waals surface area contributed by atoms with Crippen molar-refractivity contribution in [2.24, 2.45) is 52.3 Å². The number of fused-ring (bicyclic) bond motifs is 5. The van der Waals surface area contributed by atoms with Gasteiger partial charge in [0.05, 0.1) is 31.0 Å². The van der Waals surface area contributed by atoms with E-state index in [1.807, 2.05) is 61.5 Å². The number of benzene rings is 3. The van der Waals surface area contributed by atoms with E-state index in [4.69, 9.17) is 23.7 Å². The van der Waals surface area contributed by atoms with Crippen molar-refractivity contribution in [3.63, 3.8) is 0 Å². The van der Waals surface area contributed by atoms with E-state index in [0.717, 1.165) is 59.5 Å². The van der Waals surface area contributed by atoms with Crippen LogP contribution in [0, 0.1) is 52.3 Å². The molecule has 5 aliphatic rings. The van der Waals surface area contributed by atoms with Gasteiger partial charge in [-0.3, -0.25) is 0 Å². The maximum absolute atomic E-state index is 13.6. The third-order valence-electron chi connectivity index (χ3n) is 16.7. The summed E-state index contributed by atoms with van der Waals surface area (Å²) in [6, 6.07) is 29.5. The Morgan fingerprint density at radius 3 is 1.98 bits per heavy atom. The zero-order valence-electron chi connectivity index (χ0n) is 37.5. The second kappa shape index (κ2) is 19.2. The van der Waals surface area contributed by atoms with E-state index in [2.05, 4.69) is 58.9 Å². The molecule has 60 heavy (non-hydrogen) atoms. The monoisotopic (exact) mass is 819 g/mol. The van der Waals surface area contributed by atoms with Gasteiger partial charge in [0.15, 0.2) is 12.4 Å². The molecule has 14 atom stereocenters. The topological polar surface area (TPSA) is 63.2 Å².